The van der Waals surface area contributed by atoms with Crippen LogP contribution in [0.5, 0.6) is 0 Å². The van der Waals surface area contributed by atoms with Gasteiger partial charge in [0, 0.05) is 27.8 Å². The van der Waals surface area contributed by atoms with Gasteiger partial charge in [0.25, 0.3) is 0 Å². The highest BCUT2D eigenvalue weighted by Gasteiger charge is 2.14. The van der Waals surface area contributed by atoms with Gasteiger partial charge in [-0.25, -0.2) is 0 Å². The van der Waals surface area contributed by atoms with E-state index in [1.807, 2.05) is 12.1 Å². The maximum Gasteiger partial charge on any atom is 0.136 e. The summed E-state index contributed by atoms with van der Waals surface area (Å²) in [6, 6.07) is 66.9. The topological polar surface area (TPSA) is 16.4 Å². The molecule has 0 spiro atoms. The largest absolute Gasteiger partial charge is 0.456 e. The summed E-state index contributed by atoms with van der Waals surface area (Å²) in [7, 11) is 0. The number of nitrogens with zero attached hydrogens (tertiary/aromatic N) is 1. The first-order chi connectivity index (χ1) is 23.8. The number of hydrogen-bond donors (Lipinski definition) is 0. The number of anilines is 3. The van der Waals surface area contributed by atoms with Gasteiger partial charge in [0.2, 0.25) is 0 Å². The number of rotatable bonds is 6. The molecule has 9 rings (SSSR count). The van der Waals surface area contributed by atoms with Crippen LogP contribution >= 0.6 is 0 Å². The zero-order valence-electron chi connectivity index (χ0n) is 26.3. The molecule has 0 amide bonds. The zero-order chi connectivity index (χ0) is 31.9. The predicted molar refractivity (Wildman–Crippen MR) is 202 cm³/mol. The molecule has 0 aliphatic carbocycles. The molecule has 0 N–H and O–H groups in total. The van der Waals surface area contributed by atoms with Crippen LogP contribution in [0.1, 0.15) is 0 Å². The minimum atomic E-state index is 0.925. The molecule has 0 aliphatic heterocycles. The lowest BCUT2D eigenvalue weighted by molar-refractivity contribution is 0.669. The van der Waals surface area contributed by atoms with Crippen molar-refractivity contribution in [3.05, 3.63) is 188 Å². The van der Waals surface area contributed by atoms with E-state index in [0.717, 1.165) is 33.6 Å². The molecule has 0 saturated heterocycles. The first kappa shape index (κ1) is 27.9. The average molecular weight is 614 g/mol. The molecule has 0 unspecified atom stereocenters. The molecule has 0 radical (unpaired) electrons. The quantitative estimate of drug-likeness (QED) is 0.185. The molecule has 0 bridgehead atoms. The Morgan fingerprint density at radius 2 is 0.833 bits per heavy atom. The van der Waals surface area contributed by atoms with Gasteiger partial charge in [-0.3, -0.25) is 0 Å². The van der Waals surface area contributed by atoms with Gasteiger partial charge in [-0.2, -0.15) is 0 Å². The predicted octanol–water partition coefficient (Wildman–Crippen LogP) is 13.2. The Bertz CT molecular complexity index is 2530. The van der Waals surface area contributed by atoms with Crippen LogP contribution in [0.25, 0.3) is 66.1 Å². The van der Waals surface area contributed by atoms with Gasteiger partial charge in [0.05, 0.1) is 0 Å². The molecular formula is C46H31NO. The fourth-order valence-electron chi connectivity index (χ4n) is 6.87. The monoisotopic (exact) mass is 613 g/mol. The summed E-state index contributed by atoms with van der Waals surface area (Å²) in [6.45, 7) is 0. The van der Waals surface area contributed by atoms with Gasteiger partial charge in [-0.15, -0.1) is 0 Å². The summed E-state index contributed by atoms with van der Waals surface area (Å²) in [5.41, 5.74) is 12.4. The summed E-state index contributed by atoms with van der Waals surface area (Å²) in [5, 5.41) is 4.75. The lowest BCUT2D eigenvalue weighted by Gasteiger charge is -2.26. The lowest BCUT2D eigenvalue weighted by Crippen LogP contribution is -2.09. The second-order valence-electron chi connectivity index (χ2n) is 12.2. The third kappa shape index (κ3) is 5.01. The Labute approximate surface area is 279 Å². The van der Waals surface area contributed by atoms with Crippen molar-refractivity contribution in [2.45, 2.75) is 0 Å². The summed E-state index contributed by atoms with van der Waals surface area (Å²) >= 11 is 0. The van der Waals surface area contributed by atoms with Crippen molar-refractivity contribution in [3.8, 4) is 33.4 Å². The van der Waals surface area contributed by atoms with Crippen LogP contribution in [0.15, 0.2) is 192 Å². The Morgan fingerprint density at radius 1 is 0.312 bits per heavy atom. The van der Waals surface area contributed by atoms with Gasteiger partial charge in [0.15, 0.2) is 0 Å². The van der Waals surface area contributed by atoms with E-state index in [-0.39, 0.29) is 0 Å². The van der Waals surface area contributed by atoms with Crippen LogP contribution in [0.4, 0.5) is 17.1 Å². The van der Waals surface area contributed by atoms with E-state index in [4.69, 9.17) is 4.42 Å². The average Bonchev–Trinajstić information content (AvgIpc) is 3.55. The highest BCUT2D eigenvalue weighted by molar-refractivity contribution is 6.19. The molecule has 2 heteroatoms. The minimum absolute atomic E-state index is 0.925. The van der Waals surface area contributed by atoms with E-state index in [1.54, 1.807) is 0 Å². The second-order valence-corrected chi connectivity index (χ2v) is 12.2. The summed E-state index contributed by atoms with van der Waals surface area (Å²) < 4.78 is 6.13. The summed E-state index contributed by atoms with van der Waals surface area (Å²) in [5.74, 6) is 0. The molecule has 48 heavy (non-hydrogen) atoms. The van der Waals surface area contributed by atoms with E-state index >= 15 is 0 Å². The molecular weight excluding hydrogens is 583 g/mol. The molecule has 1 heterocycles. The van der Waals surface area contributed by atoms with Crippen LogP contribution < -0.4 is 4.90 Å². The molecule has 0 aliphatic rings. The third-order valence-electron chi connectivity index (χ3n) is 9.26. The van der Waals surface area contributed by atoms with E-state index in [1.165, 1.54) is 49.5 Å². The normalized spacial score (nSPS) is 11.3. The van der Waals surface area contributed by atoms with Crippen molar-refractivity contribution in [1.82, 2.24) is 0 Å². The lowest BCUT2D eigenvalue weighted by atomic mass is 9.98. The molecule has 226 valence electrons. The van der Waals surface area contributed by atoms with Crippen LogP contribution in [0.2, 0.25) is 0 Å². The van der Waals surface area contributed by atoms with E-state index in [9.17, 15) is 0 Å². The first-order valence-corrected chi connectivity index (χ1v) is 16.3. The van der Waals surface area contributed by atoms with Gasteiger partial charge in [-0.1, -0.05) is 127 Å². The summed E-state index contributed by atoms with van der Waals surface area (Å²) in [4.78, 5) is 2.31. The molecule has 0 saturated carbocycles. The number of benzene rings is 8. The van der Waals surface area contributed by atoms with Gasteiger partial charge in [0.1, 0.15) is 11.2 Å². The van der Waals surface area contributed by atoms with Crippen molar-refractivity contribution < 1.29 is 4.42 Å². The molecule has 2 nitrogen and oxygen atoms in total. The van der Waals surface area contributed by atoms with Crippen LogP contribution in [0, 0.1) is 0 Å². The second kappa shape index (κ2) is 11.8. The van der Waals surface area contributed by atoms with Gasteiger partial charge >= 0.3 is 0 Å². The Kier molecular flexibility index (Phi) is 6.84. The van der Waals surface area contributed by atoms with E-state index < -0.39 is 0 Å². The van der Waals surface area contributed by atoms with Crippen LogP contribution in [0.3, 0.4) is 0 Å². The van der Waals surface area contributed by atoms with Crippen LogP contribution in [-0.4, -0.2) is 0 Å². The standard InChI is InChI=1S/C46H31NO/c1-3-10-32(11-4-1)35-12-9-13-36(30-35)33-18-24-40(25-19-33)47(39-14-5-2-6-15-39)41-26-20-34(21-27-41)37-22-28-42-38(31-37)23-29-45-46(42)43-16-7-8-17-44(43)48-45/h1-31H. The number of fused-ring (bicyclic) bond motifs is 5. The smallest absolute Gasteiger partial charge is 0.136 e. The number of para-hydroxylation sites is 2. The van der Waals surface area contributed by atoms with Crippen molar-refractivity contribution in [2.75, 3.05) is 4.90 Å². The summed E-state index contributed by atoms with van der Waals surface area (Å²) in [6.07, 6.45) is 0. The zero-order valence-corrected chi connectivity index (χ0v) is 26.3. The van der Waals surface area contributed by atoms with Crippen molar-refractivity contribution in [1.29, 1.82) is 0 Å². The minimum Gasteiger partial charge on any atom is -0.456 e. The van der Waals surface area contributed by atoms with Crippen molar-refractivity contribution in [2.24, 2.45) is 0 Å². The van der Waals surface area contributed by atoms with E-state index in [2.05, 4.69) is 181 Å². The fraction of sp³-hybridized carbons (Fsp3) is 0. The maximum atomic E-state index is 6.13. The van der Waals surface area contributed by atoms with E-state index in [0.29, 0.717) is 0 Å². The number of hydrogen-bond acceptors (Lipinski definition) is 2. The van der Waals surface area contributed by atoms with Crippen molar-refractivity contribution in [3.63, 3.8) is 0 Å². The Balaban J connectivity index is 1.05. The molecule has 0 atom stereocenters. The first-order valence-electron chi connectivity index (χ1n) is 16.3. The molecule has 0 fully saturated rings. The Hall–Kier alpha value is -6.38. The highest BCUT2D eigenvalue weighted by atomic mass is 16.3. The molecule has 1 aromatic heterocycles. The molecule has 8 aromatic carbocycles. The van der Waals surface area contributed by atoms with Crippen molar-refractivity contribution >= 4 is 49.8 Å². The SMILES string of the molecule is c1ccc(-c2cccc(-c3ccc(N(c4ccccc4)c4ccc(-c5ccc6c(ccc7oc8ccccc8c76)c5)cc4)cc3)c2)cc1. The maximum absolute atomic E-state index is 6.13. The van der Waals surface area contributed by atoms with Crippen LogP contribution in [-0.2, 0) is 0 Å². The highest BCUT2D eigenvalue weighted by Crippen LogP contribution is 2.39. The Morgan fingerprint density at radius 3 is 1.52 bits per heavy atom. The number of furan rings is 1. The van der Waals surface area contributed by atoms with Gasteiger partial charge in [-0.05, 0) is 105 Å². The molecule has 9 aromatic rings. The third-order valence-corrected chi connectivity index (χ3v) is 9.26. The fourth-order valence-corrected chi connectivity index (χ4v) is 6.87. The van der Waals surface area contributed by atoms with Gasteiger partial charge < -0.3 is 9.32 Å².